The third-order valence-electron chi connectivity index (χ3n) is 2.07. The van der Waals surface area contributed by atoms with Gasteiger partial charge in [0.15, 0.2) is 0 Å². The molecule has 2 aromatic carbocycles. The van der Waals surface area contributed by atoms with E-state index in [4.69, 9.17) is 0 Å². The van der Waals surface area contributed by atoms with E-state index in [2.05, 4.69) is 12.6 Å². The molecule has 0 N–H and O–H groups in total. The molecule has 2 aromatic rings. The lowest BCUT2D eigenvalue weighted by Crippen LogP contribution is -1.84. The fraction of sp³-hybridized carbons (Fsp3) is 0. The summed E-state index contributed by atoms with van der Waals surface area (Å²) < 4.78 is 13.4. The van der Waals surface area contributed by atoms with Gasteiger partial charge in [0.25, 0.3) is 0 Å². The van der Waals surface area contributed by atoms with Crippen LogP contribution in [0.1, 0.15) is 0 Å². The van der Waals surface area contributed by atoms with Gasteiger partial charge in [-0.3, -0.25) is 0 Å². The Labute approximate surface area is 87.8 Å². The van der Waals surface area contributed by atoms with Crippen LogP contribution in [0.2, 0.25) is 0 Å². The summed E-state index contributed by atoms with van der Waals surface area (Å²) in [5.41, 5.74) is 1.42. The first-order chi connectivity index (χ1) is 6.79. The second kappa shape index (κ2) is 3.84. The van der Waals surface area contributed by atoms with Gasteiger partial charge in [-0.2, -0.15) is 0 Å². The van der Waals surface area contributed by atoms with Crippen LogP contribution in [0.4, 0.5) is 4.39 Å². The predicted octanol–water partition coefficient (Wildman–Crippen LogP) is 3.78. The molecule has 0 aliphatic rings. The zero-order valence-electron chi connectivity index (χ0n) is 7.44. The van der Waals surface area contributed by atoms with Crippen LogP contribution in [0, 0.1) is 5.82 Å². The minimum atomic E-state index is -0.214. The molecule has 0 atom stereocenters. The molecule has 0 spiro atoms. The maximum Gasteiger partial charge on any atom is 0.131 e. The first-order valence-electron chi connectivity index (χ1n) is 4.32. The van der Waals surface area contributed by atoms with Gasteiger partial charge in [0.2, 0.25) is 0 Å². The normalized spacial score (nSPS) is 10.1. The number of hydrogen-bond donors (Lipinski definition) is 1. The molecular formula is C12H9FS. The van der Waals surface area contributed by atoms with Gasteiger partial charge in [0.1, 0.15) is 5.82 Å². The van der Waals surface area contributed by atoms with Crippen molar-refractivity contribution < 1.29 is 4.39 Å². The van der Waals surface area contributed by atoms with Crippen molar-refractivity contribution in [3.63, 3.8) is 0 Å². The van der Waals surface area contributed by atoms with Crippen molar-refractivity contribution in [2.24, 2.45) is 0 Å². The molecule has 0 unspecified atom stereocenters. The van der Waals surface area contributed by atoms with Crippen LogP contribution in [0.15, 0.2) is 53.4 Å². The molecule has 0 nitrogen and oxygen atoms in total. The van der Waals surface area contributed by atoms with Gasteiger partial charge in [-0.25, -0.2) is 4.39 Å². The monoisotopic (exact) mass is 204 g/mol. The Balaban J connectivity index is 2.61. The van der Waals surface area contributed by atoms with E-state index in [1.54, 1.807) is 12.1 Å². The topological polar surface area (TPSA) is 0 Å². The number of hydrogen-bond acceptors (Lipinski definition) is 1. The van der Waals surface area contributed by atoms with Crippen LogP contribution in [0.5, 0.6) is 0 Å². The summed E-state index contributed by atoms with van der Waals surface area (Å²) in [5, 5.41) is 0. The lowest BCUT2D eigenvalue weighted by atomic mass is 10.1. The van der Waals surface area contributed by atoms with Gasteiger partial charge < -0.3 is 0 Å². The number of thiol groups is 1. The fourth-order valence-corrected chi connectivity index (χ4v) is 1.66. The maximum absolute atomic E-state index is 13.4. The molecule has 14 heavy (non-hydrogen) atoms. The van der Waals surface area contributed by atoms with E-state index < -0.39 is 0 Å². The lowest BCUT2D eigenvalue weighted by Gasteiger charge is -2.05. The van der Waals surface area contributed by atoms with Crippen molar-refractivity contribution >= 4 is 12.6 Å². The zero-order valence-corrected chi connectivity index (χ0v) is 8.34. The Hall–Kier alpha value is -1.28. The molecule has 0 saturated heterocycles. The van der Waals surface area contributed by atoms with Gasteiger partial charge in [-0.05, 0) is 17.7 Å². The van der Waals surface area contributed by atoms with Gasteiger partial charge in [0, 0.05) is 10.5 Å². The molecular weight excluding hydrogens is 195 g/mol. The second-order valence-corrected chi connectivity index (χ2v) is 3.48. The van der Waals surface area contributed by atoms with E-state index in [0.717, 1.165) is 10.5 Å². The Morgan fingerprint density at radius 2 is 1.36 bits per heavy atom. The van der Waals surface area contributed by atoms with Crippen molar-refractivity contribution in [1.82, 2.24) is 0 Å². The SMILES string of the molecule is Fc1ccccc1-c1ccccc1S. The van der Waals surface area contributed by atoms with Gasteiger partial charge in [-0.1, -0.05) is 36.4 Å². The van der Waals surface area contributed by atoms with E-state index in [1.807, 2.05) is 30.3 Å². The molecule has 2 heteroatoms. The summed E-state index contributed by atoms with van der Waals surface area (Å²) in [4.78, 5) is 0.789. The summed E-state index contributed by atoms with van der Waals surface area (Å²) in [6.45, 7) is 0. The highest BCUT2D eigenvalue weighted by Crippen LogP contribution is 2.27. The van der Waals surface area contributed by atoms with Crippen molar-refractivity contribution in [3.05, 3.63) is 54.3 Å². The number of rotatable bonds is 1. The lowest BCUT2D eigenvalue weighted by molar-refractivity contribution is 0.631. The second-order valence-electron chi connectivity index (χ2n) is 3.00. The largest absolute Gasteiger partial charge is 0.206 e. The highest BCUT2D eigenvalue weighted by Gasteiger charge is 2.05. The minimum absolute atomic E-state index is 0.214. The first kappa shape index (κ1) is 9.28. The molecule has 0 aromatic heterocycles. The van der Waals surface area contributed by atoms with Crippen LogP contribution in [-0.2, 0) is 0 Å². The molecule has 70 valence electrons. The average Bonchev–Trinajstić information content (AvgIpc) is 2.20. The van der Waals surface area contributed by atoms with E-state index >= 15 is 0 Å². The predicted molar refractivity (Wildman–Crippen MR) is 59.1 cm³/mol. The fourth-order valence-electron chi connectivity index (χ4n) is 1.38. The molecule has 0 aliphatic carbocycles. The van der Waals surface area contributed by atoms with Crippen LogP contribution in [0.3, 0.4) is 0 Å². The standard InChI is InChI=1S/C12H9FS/c13-11-7-3-1-5-9(11)10-6-2-4-8-12(10)14/h1-8,14H. The zero-order chi connectivity index (χ0) is 9.97. The van der Waals surface area contributed by atoms with Crippen molar-refractivity contribution in [2.75, 3.05) is 0 Å². The molecule has 0 radical (unpaired) electrons. The number of halogens is 1. The molecule has 0 heterocycles. The van der Waals surface area contributed by atoms with Crippen LogP contribution >= 0.6 is 12.6 Å². The van der Waals surface area contributed by atoms with E-state index in [0.29, 0.717) is 5.56 Å². The quantitative estimate of drug-likeness (QED) is 0.671. The Kier molecular flexibility index (Phi) is 2.55. The highest BCUT2D eigenvalue weighted by molar-refractivity contribution is 7.80. The van der Waals surface area contributed by atoms with E-state index in [-0.39, 0.29) is 5.82 Å². The molecule has 2 rings (SSSR count). The summed E-state index contributed by atoms with van der Waals surface area (Å²) in [7, 11) is 0. The van der Waals surface area contributed by atoms with E-state index in [9.17, 15) is 4.39 Å². The summed E-state index contributed by atoms with van der Waals surface area (Å²) in [6.07, 6.45) is 0. The third kappa shape index (κ3) is 1.66. The minimum Gasteiger partial charge on any atom is -0.206 e. The maximum atomic E-state index is 13.4. The summed E-state index contributed by atoms with van der Waals surface area (Å²) in [6, 6.07) is 14.2. The van der Waals surface area contributed by atoms with Gasteiger partial charge in [0.05, 0.1) is 0 Å². The first-order valence-corrected chi connectivity index (χ1v) is 4.76. The molecule has 0 amide bonds. The smallest absolute Gasteiger partial charge is 0.131 e. The van der Waals surface area contributed by atoms with Crippen molar-refractivity contribution in [3.8, 4) is 11.1 Å². The summed E-state index contributed by atoms with van der Waals surface area (Å²) in [5.74, 6) is -0.214. The molecule has 0 aliphatic heterocycles. The van der Waals surface area contributed by atoms with Crippen LogP contribution in [-0.4, -0.2) is 0 Å². The highest BCUT2D eigenvalue weighted by atomic mass is 32.1. The van der Waals surface area contributed by atoms with Gasteiger partial charge in [-0.15, -0.1) is 12.6 Å². The van der Waals surface area contributed by atoms with Gasteiger partial charge >= 0.3 is 0 Å². The summed E-state index contributed by atoms with van der Waals surface area (Å²) >= 11 is 4.29. The Bertz CT molecular complexity index is 408. The van der Waals surface area contributed by atoms with E-state index in [1.165, 1.54) is 6.07 Å². The van der Waals surface area contributed by atoms with Crippen molar-refractivity contribution in [1.29, 1.82) is 0 Å². The van der Waals surface area contributed by atoms with Crippen molar-refractivity contribution in [2.45, 2.75) is 4.90 Å². The Morgan fingerprint density at radius 3 is 2.00 bits per heavy atom. The molecule has 0 fully saturated rings. The Morgan fingerprint density at radius 1 is 0.786 bits per heavy atom. The molecule has 0 bridgehead atoms. The average molecular weight is 204 g/mol. The van der Waals surface area contributed by atoms with Crippen LogP contribution < -0.4 is 0 Å². The molecule has 0 saturated carbocycles. The number of benzene rings is 2. The third-order valence-corrected chi connectivity index (χ3v) is 2.46. The van der Waals surface area contributed by atoms with Crippen LogP contribution in [0.25, 0.3) is 11.1 Å².